The van der Waals surface area contributed by atoms with Crippen molar-refractivity contribution in [3.8, 4) is 0 Å². The van der Waals surface area contributed by atoms with Gasteiger partial charge in [-0.05, 0) is 81.6 Å². The molecule has 116 valence electrons. The molecule has 0 heterocycles. The molecule has 0 spiro atoms. The molecule has 2 saturated carbocycles. The summed E-state index contributed by atoms with van der Waals surface area (Å²) in [6.07, 6.45) is 11.6. The maximum Gasteiger partial charge on any atom is 0.0571 e. The van der Waals surface area contributed by atoms with Crippen LogP contribution in [0.4, 0.5) is 0 Å². The van der Waals surface area contributed by atoms with Gasteiger partial charge in [0.05, 0.1) is 6.10 Å². The fraction of sp³-hybridized carbons (Fsp3) is 0.700. The van der Waals surface area contributed by atoms with Crippen molar-refractivity contribution in [2.24, 2.45) is 11.8 Å². The Kier molecular flexibility index (Phi) is 5.00. The lowest BCUT2D eigenvalue weighted by Gasteiger charge is -2.37. The van der Waals surface area contributed by atoms with Gasteiger partial charge < -0.3 is 4.74 Å². The van der Waals surface area contributed by atoms with Crippen LogP contribution in [0.3, 0.4) is 0 Å². The summed E-state index contributed by atoms with van der Waals surface area (Å²) in [7, 11) is 1.87. The maximum atomic E-state index is 5.51. The maximum absolute atomic E-state index is 5.51. The predicted molar refractivity (Wildman–Crippen MR) is 88.6 cm³/mol. The minimum atomic E-state index is 0.546. The van der Waals surface area contributed by atoms with Crippen molar-refractivity contribution in [1.29, 1.82) is 0 Å². The quantitative estimate of drug-likeness (QED) is 0.715. The van der Waals surface area contributed by atoms with E-state index in [4.69, 9.17) is 4.74 Å². The van der Waals surface area contributed by atoms with Crippen molar-refractivity contribution >= 4 is 0 Å². The molecule has 1 heteroatoms. The SMILES string of the molecule is COC1CCC(C2CCC(c3ccc(C)cc3)CC2)CC1. The summed E-state index contributed by atoms with van der Waals surface area (Å²) in [4.78, 5) is 0. The summed E-state index contributed by atoms with van der Waals surface area (Å²) in [5.74, 6) is 2.79. The first-order chi connectivity index (χ1) is 10.3. The fourth-order valence-electron chi connectivity index (χ4n) is 4.56. The largest absolute Gasteiger partial charge is 0.381 e. The normalized spacial score (nSPS) is 33.8. The van der Waals surface area contributed by atoms with Crippen LogP contribution in [-0.4, -0.2) is 13.2 Å². The van der Waals surface area contributed by atoms with Crippen molar-refractivity contribution in [1.82, 2.24) is 0 Å². The first kappa shape index (κ1) is 15.1. The Morgan fingerprint density at radius 2 is 1.29 bits per heavy atom. The number of ether oxygens (including phenoxy) is 1. The van der Waals surface area contributed by atoms with Gasteiger partial charge in [0.25, 0.3) is 0 Å². The number of benzene rings is 1. The van der Waals surface area contributed by atoms with E-state index in [9.17, 15) is 0 Å². The summed E-state index contributed by atoms with van der Waals surface area (Å²) in [5.41, 5.74) is 2.95. The van der Waals surface area contributed by atoms with Crippen LogP contribution < -0.4 is 0 Å². The second kappa shape index (κ2) is 6.96. The molecule has 1 nitrogen and oxygen atoms in total. The van der Waals surface area contributed by atoms with Crippen LogP contribution >= 0.6 is 0 Å². The highest BCUT2D eigenvalue weighted by Gasteiger charge is 2.31. The minimum absolute atomic E-state index is 0.546. The van der Waals surface area contributed by atoms with Gasteiger partial charge in [-0.2, -0.15) is 0 Å². The van der Waals surface area contributed by atoms with Crippen LogP contribution in [0.15, 0.2) is 24.3 Å². The zero-order valence-corrected chi connectivity index (χ0v) is 13.7. The van der Waals surface area contributed by atoms with Gasteiger partial charge in [-0.1, -0.05) is 29.8 Å². The zero-order valence-electron chi connectivity index (χ0n) is 13.7. The Morgan fingerprint density at radius 1 is 0.762 bits per heavy atom. The highest BCUT2D eigenvalue weighted by molar-refractivity contribution is 5.24. The molecule has 2 fully saturated rings. The van der Waals surface area contributed by atoms with Crippen LogP contribution in [0.1, 0.15) is 68.4 Å². The standard InChI is InChI=1S/C20H30O/c1-15-3-5-16(6-4-15)17-7-9-18(10-8-17)19-11-13-20(21-2)14-12-19/h3-6,17-20H,7-14H2,1-2H3. The van der Waals surface area contributed by atoms with E-state index in [1.807, 2.05) is 7.11 Å². The third-order valence-corrected chi connectivity index (χ3v) is 6.04. The third kappa shape index (κ3) is 3.69. The lowest BCUT2D eigenvalue weighted by molar-refractivity contribution is 0.0410. The fourth-order valence-corrected chi connectivity index (χ4v) is 4.56. The molecule has 0 unspecified atom stereocenters. The lowest BCUT2D eigenvalue weighted by Crippen LogP contribution is -2.27. The molecule has 21 heavy (non-hydrogen) atoms. The van der Waals surface area contributed by atoms with Gasteiger partial charge >= 0.3 is 0 Å². The van der Waals surface area contributed by atoms with E-state index >= 15 is 0 Å². The van der Waals surface area contributed by atoms with E-state index in [-0.39, 0.29) is 0 Å². The summed E-state index contributed by atoms with van der Waals surface area (Å²) in [6.45, 7) is 2.18. The lowest BCUT2D eigenvalue weighted by atomic mass is 9.69. The number of methoxy groups -OCH3 is 1. The average Bonchev–Trinajstić information content (AvgIpc) is 2.56. The molecule has 0 aliphatic heterocycles. The third-order valence-electron chi connectivity index (χ3n) is 6.04. The number of aryl methyl sites for hydroxylation is 1. The molecule has 1 aromatic rings. The van der Waals surface area contributed by atoms with E-state index in [1.54, 1.807) is 5.56 Å². The van der Waals surface area contributed by atoms with Gasteiger partial charge in [0, 0.05) is 7.11 Å². The molecule has 2 aliphatic rings. The summed E-state index contributed by atoms with van der Waals surface area (Å²) >= 11 is 0. The highest BCUT2D eigenvalue weighted by atomic mass is 16.5. The van der Waals surface area contributed by atoms with Gasteiger partial charge in [0.2, 0.25) is 0 Å². The van der Waals surface area contributed by atoms with E-state index in [0.29, 0.717) is 6.10 Å². The van der Waals surface area contributed by atoms with E-state index in [1.165, 1.54) is 56.9 Å². The molecule has 2 aliphatic carbocycles. The molecular weight excluding hydrogens is 256 g/mol. The topological polar surface area (TPSA) is 9.23 Å². The molecule has 0 atom stereocenters. The Hall–Kier alpha value is -0.820. The van der Waals surface area contributed by atoms with Crippen LogP contribution in [0, 0.1) is 18.8 Å². The minimum Gasteiger partial charge on any atom is -0.381 e. The van der Waals surface area contributed by atoms with Crippen molar-refractivity contribution in [3.05, 3.63) is 35.4 Å². The second-order valence-corrected chi connectivity index (χ2v) is 7.29. The van der Waals surface area contributed by atoms with Crippen molar-refractivity contribution in [2.75, 3.05) is 7.11 Å². The van der Waals surface area contributed by atoms with Crippen molar-refractivity contribution < 1.29 is 4.74 Å². The summed E-state index contributed by atoms with van der Waals surface area (Å²) in [5, 5.41) is 0. The van der Waals surface area contributed by atoms with E-state index in [0.717, 1.165) is 17.8 Å². The Balaban J connectivity index is 1.50. The Bertz CT molecular complexity index is 420. The number of rotatable bonds is 3. The van der Waals surface area contributed by atoms with Gasteiger partial charge in [-0.15, -0.1) is 0 Å². The van der Waals surface area contributed by atoms with Gasteiger partial charge in [0.15, 0.2) is 0 Å². The molecule has 0 aromatic heterocycles. The van der Waals surface area contributed by atoms with Gasteiger partial charge in [-0.3, -0.25) is 0 Å². The summed E-state index contributed by atoms with van der Waals surface area (Å²) < 4.78 is 5.51. The van der Waals surface area contributed by atoms with Crippen LogP contribution in [-0.2, 0) is 4.74 Å². The summed E-state index contributed by atoms with van der Waals surface area (Å²) in [6, 6.07) is 9.25. The predicted octanol–water partition coefficient (Wildman–Crippen LogP) is 5.47. The smallest absolute Gasteiger partial charge is 0.0571 e. The van der Waals surface area contributed by atoms with E-state index in [2.05, 4.69) is 31.2 Å². The molecular formula is C20H30O. The van der Waals surface area contributed by atoms with Crippen molar-refractivity contribution in [3.63, 3.8) is 0 Å². The molecule has 0 amide bonds. The van der Waals surface area contributed by atoms with Gasteiger partial charge in [-0.25, -0.2) is 0 Å². The Morgan fingerprint density at radius 3 is 1.81 bits per heavy atom. The second-order valence-electron chi connectivity index (χ2n) is 7.29. The molecule has 0 saturated heterocycles. The number of hydrogen-bond donors (Lipinski definition) is 0. The first-order valence-electron chi connectivity index (χ1n) is 8.85. The van der Waals surface area contributed by atoms with E-state index < -0.39 is 0 Å². The molecule has 3 rings (SSSR count). The molecule has 1 aromatic carbocycles. The van der Waals surface area contributed by atoms with Crippen LogP contribution in [0.2, 0.25) is 0 Å². The zero-order chi connectivity index (χ0) is 14.7. The van der Waals surface area contributed by atoms with Crippen LogP contribution in [0.25, 0.3) is 0 Å². The monoisotopic (exact) mass is 286 g/mol. The molecule has 0 bridgehead atoms. The molecule has 0 radical (unpaired) electrons. The number of hydrogen-bond acceptors (Lipinski definition) is 1. The highest BCUT2D eigenvalue weighted by Crippen LogP contribution is 2.43. The average molecular weight is 286 g/mol. The van der Waals surface area contributed by atoms with Gasteiger partial charge in [0.1, 0.15) is 0 Å². The first-order valence-corrected chi connectivity index (χ1v) is 8.85. The molecule has 0 N–H and O–H groups in total. The van der Waals surface area contributed by atoms with Crippen molar-refractivity contribution in [2.45, 2.75) is 70.3 Å². The van der Waals surface area contributed by atoms with Crippen LogP contribution in [0.5, 0.6) is 0 Å². The Labute approximate surface area is 130 Å².